The molecule has 0 aliphatic heterocycles. The fourth-order valence-corrected chi connectivity index (χ4v) is 4.39. The Morgan fingerprint density at radius 3 is 1.38 bits per heavy atom. The molecule has 0 amide bonds. The van der Waals surface area contributed by atoms with Crippen LogP contribution in [0.4, 0.5) is 0 Å². The Hall–Kier alpha value is -3.60. The van der Waals surface area contributed by atoms with Gasteiger partial charge in [0.25, 0.3) is 0 Å². The molecule has 1 aliphatic carbocycles. The molecule has 2 N–H and O–H groups in total. The van der Waals surface area contributed by atoms with Crippen molar-refractivity contribution in [2.45, 2.75) is 0 Å². The molecule has 1 aliphatic rings. The van der Waals surface area contributed by atoms with Gasteiger partial charge in [-0.25, -0.2) is 0 Å². The average molecular weight is 424 g/mol. The van der Waals surface area contributed by atoms with E-state index in [1.165, 1.54) is 33.0 Å². The second-order valence-corrected chi connectivity index (χ2v) is 7.65. The van der Waals surface area contributed by atoms with Gasteiger partial charge in [0.05, 0.1) is 13.2 Å². The van der Waals surface area contributed by atoms with Crippen molar-refractivity contribution in [3.8, 4) is 11.5 Å². The van der Waals surface area contributed by atoms with Crippen LogP contribution in [-0.2, 0) is 0 Å². The molecule has 0 unspecified atom stereocenters. The van der Waals surface area contributed by atoms with Crippen molar-refractivity contribution in [3.63, 3.8) is 0 Å². The van der Waals surface area contributed by atoms with Crippen LogP contribution in [0.2, 0.25) is 0 Å². The summed E-state index contributed by atoms with van der Waals surface area (Å²) in [4.78, 5) is 0. The van der Waals surface area contributed by atoms with Crippen LogP contribution in [0.3, 0.4) is 0 Å². The van der Waals surface area contributed by atoms with E-state index in [-0.39, 0.29) is 26.4 Å². The summed E-state index contributed by atoms with van der Waals surface area (Å²) in [5.74, 6) is 1.48. The van der Waals surface area contributed by atoms with Crippen molar-refractivity contribution in [2.24, 2.45) is 0 Å². The molecule has 5 rings (SSSR count). The normalized spacial score (nSPS) is 12.4. The minimum Gasteiger partial charge on any atom is -0.491 e. The maximum absolute atomic E-state index is 9.01. The molecule has 0 fully saturated rings. The lowest BCUT2D eigenvalue weighted by molar-refractivity contribution is 0.201. The lowest BCUT2D eigenvalue weighted by atomic mass is 9.92. The van der Waals surface area contributed by atoms with Crippen LogP contribution < -0.4 is 9.47 Å². The average Bonchev–Trinajstić information content (AvgIpc) is 3.18. The largest absolute Gasteiger partial charge is 0.491 e. The van der Waals surface area contributed by atoms with Gasteiger partial charge in [-0.15, -0.1) is 0 Å². The summed E-state index contributed by atoms with van der Waals surface area (Å²) >= 11 is 0. The maximum atomic E-state index is 9.01. The van der Waals surface area contributed by atoms with E-state index in [0.29, 0.717) is 0 Å². The van der Waals surface area contributed by atoms with E-state index in [1.54, 1.807) is 0 Å². The van der Waals surface area contributed by atoms with Crippen molar-refractivity contribution in [3.05, 3.63) is 107 Å². The van der Waals surface area contributed by atoms with Gasteiger partial charge in [0.2, 0.25) is 0 Å². The Kier molecular flexibility index (Phi) is 5.63. The molecule has 0 radical (unpaired) electrons. The quantitative estimate of drug-likeness (QED) is 0.372. The van der Waals surface area contributed by atoms with E-state index in [0.717, 1.165) is 22.6 Å². The Morgan fingerprint density at radius 2 is 0.969 bits per heavy atom. The zero-order chi connectivity index (χ0) is 21.9. The van der Waals surface area contributed by atoms with Gasteiger partial charge in [-0.2, -0.15) is 0 Å². The van der Waals surface area contributed by atoms with Gasteiger partial charge in [-0.05, 0) is 68.4 Å². The predicted octanol–water partition coefficient (Wildman–Crippen LogP) is 4.90. The Balaban J connectivity index is 1.65. The molecule has 0 spiro atoms. The van der Waals surface area contributed by atoms with Crippen LogP contribution >= 0.6 is 0 Å². The summed E-state index contributed by atoms with van der Waals surface area (Å²) < 4.78 is 11.1. The van der Waals surface area contributed by atoms with E-state index in [9.17, 15) is 0 Å². The van der Waals surface area contributed by atoms with Crippen LogP contribution in [0.5, 0.6) is 11.5 Å². The molecule has 0 saturated heterocycles. The third-order valence-electron chi connectivity index (χ3n) is 5.70. The Labute approximate surface area is 187 Å². The van der Waals surface area contributed by atoms with E-state index >= 15 is 0 Å². The minimum atomic E-state index is -0.00757. The molecule has 160 valence electrons. The molecule has 0 bridgehead atoms. The highest BCUT2D eigenvalue weighted by molar-refractivity contribution is 6.20. The SMILES string of the molecule is OCCOc1ccc(C2=C(c3ccc(OCCO)cc3)c3cccc4cccc2c34)cc1. The molecular formula is C28H24O4. The summed E-state index contributed by atoms with van der Waals surface area (Å²) in [5, 5.41) is 20.5. The molecule has 4 heteroatoms. The topological polar surface area (TPSA) is 58.9 Å². The molecule has 4 nitrogen and oxygen atoms in total. The first-order valence-electron chi connectivity index (χ1n) is 10.7. The molecule has 0 heterocycles. The number of benzene rings is 4. The first-order valence-corrected chi connectivity index (χ1v) is 10.7. The molecule has 0 atom stereocenters. The van der Waals surface area contributed by atoms with Crippen molar-refractivity contribution in [1.82, 2.24) is 0 Å². The summed E-state index contributed by atoms with van der Waals surface area (Å²) in [6.07, 6.45) is 0. The highest BCUT2D eigenvalue weighted by Gasteiger charge is 2.26. The summed E-state index contributed by atoms with van der Waals surface area (Å²) in [6.45, 7) is 0.546. The Morgan fingerprint density at radius 1 is 0.531 bits per heavy atom. The van der Waals surface area contributed by atoms with Crippen molar-refractivity contribution >= 4 is 21.9 Å². The smallest absolute Gasteiger partial charge is 0.119 e. The highest BCUT2D eigenvalue weighted by Crippen LogP contribution is 2.48. The second kappa shape index (κ2) is 8.87. The Bertz CT molecular complexity index is 1180. The van der Waals surface area contributed by atoms with Crippen LogP contribution in [0.25, 0.3) is 21.9 Å². The first kappa shape index (κ1) is 20.3. The van der Waals surface area contributed by atoms with Crippen LogP contribution in [-0.4, -0.2) is 36.6 Å². The number of hydrogen-bond donors (Lipinski definition) is 2. The fraction of sp³-hybridized carbons (Fsp3) is 0.143. The minimum absolute atomic E-state index is 0.00757. The first-order chi connectivity index (χ1) is 15.8. The van der Waals surface area contributed by atoms with Crippen LogP contribution in [0.1, 0.15) is 22.3 Å². The fourth-order valence-electron chi connectivity index (χ4n) is 4.39. The van der Waals surface area contributed by atoms with Gasteiger partial charge in [0, 0.05) is 0 Å². The zero-order valence-electron chi connectivity index (χ0n) is 17.6. The molecule has 4 aromatic rings. The van der Waals surface area contributed by atoms with E-state index in [2.05, 4.69) is 60.7 Å². The van der Waals surface area contributed by atoms with Crippen molar-refractivity contribution in [2.75, 3.05) is 26.4 Å². The van der Waals surface area contributed by atoms with E-state index in [4.69, 9.17) is 19.7 Å². The molecule has 0 aromatic heterocycles. The van der Waals surface area contributed by atoms with Crippen molar-refractivity contribution in [1.29, 1.82) is 0 Å². The lowest BCUT2D eigenvalue weighted by Crippen LogP contribution is -2.01. The van der Waals surface area contributed by atoms with E-state index < -0.39 is 0 Å². The van der Waals surface area contributed by atoms with Crippen LogP contribution in [0.15, 0.2) is 84.9 Å². The second-order valence-electron chi connectivity index (χ2n) is 7.65. The molecule has 4 aromatic carbocycles. The summed E-state index contributed by atoms with van der Waals surface area (Å²) in [7, 11) is 0. The predicted molar refractivity (Wildman–Crippen MR) is 127 cm³/mol. The van der Waals surface area contributed by atoms with Crippen LogP contribution in [0, 0.1) is 0 Å². The van der Waals surface area contributed by atoms with Gasteiger partial charge >= 0.3 is 0 Å². The number of rotatable bonds is 8. The number of aliphatic hydroxyl groups is 2. The zero-order valence-corrected chi connectivity index (χ0v) is 17.6. The van der Waals surface area contributed by atoms with E-state index in [1.807, 2.05) is 24.3 Å². The maximum Gasteiger partial charge on any atom is 0.119 e. The summed E-state index contributed by atoms with van der Waals surface area (Å²) in [6, 6.07) is 29.0. The monoisotopic (exact) mass is 424 g/mol. The highest BCUT2D eigenvalue weighted by atomic mass is 16.5. The van der Waals surface area contributed by atoms with Crippen molar-refractivity contribution < 1.29 is 19.7 Å². The third kappa shape index (κ3) is 3.64. The van der Waals surface area contributed by atoms with Gasteiger partial charge in [-0.1, -0.05) is 60.7 Å². The third-order valence-corrected chi connectivity index (χ3v) is 5.70. The van der Waals surface area contributed by atoms with Gasteiger partial charge in [0.15, 0.2) is 0 Å². The lowest BCUT2D eigenvalue weighted by Gasteiger charge is -2.13. The molecule has 0 saturated carbocycles. The number of hydrogen-bond acceptors (Lipinski definition) is 4. The number of aliphatic hydroxyl groups excluding tert-OH is 2. The summed E-state index contributed by atoms with van der Waals surface area (Å²) in [5.41, 5.74) is 7.04. The number of ether oxygens (including phenoxy) is 2. The van der Waals surface area contributed by atoms with Gasteiger partial charge in [0.1, 0.15) is 24.7 Å². The van der Waals surface area contributed by atoms with Gasteiger partial charge < -0.3 is 19.7 Å². The molecular weight excluding hydrogens is 400 g/mol. The standard InChI is InChI=1S/C28H24O4/c29-15-17-31-22-11-7-20(8-12-22)27-24-5-1-3-19-4-2-6-25(26(19)24)28(27)21-9-13-23(14-10-21)32-18-16-30/h1-14,29-30H,15-18H2. The molecule has 32 heavy (non-hydrogen) atoms. The van der Waals surface area contributed by atoms with Gasteiger partial charge in [-0.3, -0.25) is 0 Å².